The van der Waals surface area contributed by atoms with Crippen LogP contribution in [0.5, 0.6) is 0 Å². The van der Waals surface area contributed by atoms with Gasteiger partial charge < -0.3 is 10.4 Å². The van der Waals surface area contributed by atoms with Crippen molar-refractivity contribution in [1.29, 1.82) is 0 Å². The maximum Gasteiger partial charge on any atom is 0.320 e. The third-order valence-electron chi connectivity index (χ3n) is 4.10. The number of carboxylic acid groups (broad SMARTS) is 1. The van der Waals surface area contributed by atoms with Crippen molar-refractivity contribution in [3.63, 3.8) is 0 Å². The van der Waals surface area contributed by atoms with Crippen LogP contribution in [0.1, 0.15) is 32.3 Å². The highest BCUT2D eigenvalue weighted by Gasteiger charge is 2.27. The Kier molecular flexibility index (Phi) is 5.76. The first-order valence-corrected chi connectivity index (χ1v) is 7.81. The van der Waals surface area contributed by atoms with E-state index in [1.165, 1.54) is 5.56 Å². The molecule has 0 saturated carbocycles. The summed E-state index contributed by atoms with van der Waals surface area (Å²) in [5.41, 5.74) is 1.32. The van der Waals surface area contributed by atoms with E-state index in [-0.39, 0.29) is 12.0 Å². The van der Waals surface area contributed by atoms with Crippen molar-refractivity contribution < 1.29 is 9.90 Å². The Labute approximate surface area is 127 Å². The molecule has 0 amide bonds. The van der Waals surface area contributed by atoms with Gasteiger partial charge in [-0.05, 0) is 30.9 Å². The summed E-state index contributed by atoms with van der Waals surface area (Å²) in [5, 5.41) is 12.6. The van der Waals surface area contributed by atoms with E-state index in [1.54, 1.807) is 0 Å². The van der Waals surface area contributed by atoms with Crippen molar-refractivity contribution in [3.8, 4) is 0 Å². The molecule has 116 valence electrons. The van der Waals surface area contributed by atoms with Crippen LogP contribution in [0, 0.1) is 5.92 Å². The average Bonchev–Trinajstić information content (AvgIpc) is 2.45. The summed E-state index contributed by atoms with van der Waals surface area (Å²) >= 11 is 0. The van der Waals surface area contributed by atoms with Gasteiger partial charge in [-0.15, -0.1) is 0 Å². The minimum absolute atomic E-state index is 0.104. The van der Waals surface area contributed by atoms with Crippen LogP contribution < -0.4 is 5.32 Å². The molecule has 2 N–H and O–H groups in total. The molecule has 1 aliphatic heterocycles. The Morgan fingerprint density at radius 3 is 2.71 bits per heavy atom. The fourth-order valence-corrected chi connectivity index (χ4v) is 2.98. The zero-order valence-corrected chi connectivity index (χ0v) is 13.0. The number of carbonyl (C=O) groups is 1. The third-order valence-corrected chi connectivity index (χ3v) is 4.10. The second-order valence-corrected chi connectivity index (χ2v) is 6.29. The number of hydrogen-bond donors (Lipinski definition) is 2. The van der Waals surface area contributed by atoms with Crippen LogP contribution in [0.25, 0.3) is 0 Å². The minimum atomic E-state index is -0.745. The zero-order valence-electron chi connectivity index (χ0n) is 13.0. The monoisotopic (exact) mass is 290 g/mol. The Balaban J connectivity index is 1.90. The molecular formula is C17H26N2O2. The molecule has 4 heteroatoms. The van der Waals surface area contributed by atoms with Gasteiger partial charge in [-0.1, -0.05) is 44.2 Å². The Morgan fingerprint density at radius 1 is 1.38 bits per heavy atom. The molecule has 1 aliphatic rings. The highest BCUT2D eigenvalue weighted by Crippen LogP contribution is 2.15. The molecule has 0 bridgehead atoms. The molecule has 1 aromatic rings. The Hall–Kier alpha value is -1.39. The van der Waals surface area contributed by atoms with Gasteiger partial charge >= 0.3 is 5.97 Å². The molecule has 1 fully saturated rings. The van der Waals surface area contributed by atoms with Crippen LogP contribution in [0.2, 0.25) is 0 Å². The SMILES string of the molecule is CC(C)C(NC1CCCN(Cc2ccccc2)C1)C(=O)O. The summed E-state index contributed by atoms with van der Waals surface area (Å²) in [5.74, 6) is -0.641. The molecule has 2 unspecified atom stereocenters. The summed E-state index contributed by atoms with van der Waals surface area (Å²) in [4.78, 5) is 13.7. The molecule has 1 saturated heterocycles. The van der Waals surface area contributed by atoms with Gasteiger partial charge in [0.25, 0.3) is 0 Å². The van der Waals surface area contributed by atoms with E-state index >= 15 is 0 Å². The first kappa shape index (κ1) is 16.0. The molecule has 0 radical (unpaired) electrons. The first-order chi connectivity index (χ1) is 10.1. The van der Waals surface area contributed by atoms with Crippen molar-refractivity contribution in [1.82, 2.24) is 10.2 Å². The van der Waals surface area contributed by atoms with E-state index in [2.05, 4.69) is 34.5 Å². The Bertz CT molecular complexity index is 447. The fraction of sp³-hybridized carbons (Fsp3) is 0.588. The van der Waals surface area contributed by atoms with E-state index in [4.69, 9.17) is 0 Å². The molecule has 0 aliphatic carbocycles. The number of aliphatic carboxylic acids is 1. The number of hydrogen-bond acceptors (Lipinski definition) is 3. The summed E-state index contributed by atoms with van der Waals surface area (Å²) < 4.78 is 0. The zero-order chi connectivity index (χ0) is 15.2. The van der Waals surface area contributed by atoms with E-state index < -0.39 is 12.0 Å². The lowest BCUT2D eigenvalue weighted by atomic mass is 9.99. The lowest BCUT2D eigenvalue weighted by Gasteiger charge is -2.35. The normalized spacial score (nSPS) is 21.4. The number of nitrogens with one attached hydrogen (secondary N) is 1. The van der Waals surface area contributed by atoms with Gasteiger partial charge in [0.2, 0.25) is 0 Å². The minimum Gasteiger partial charge on any atom is -0.480 e. The van der Waals surface area contributed by atoms with Gasteiger partial charge in [0.1, 0.15) is 6.04 Å². The van der Waals surface area contributed by atoms with Gasteiger partial charge in [-0.25, -0.2) is 0 Å². The van der Waals surface area contributed by atoms with Gasteiger partial charge in [0, 0.05) is 19.1 Å². The molecule has 4 nitrogen and oxygen atoms in total. The van der Waals surface area contributed by atoms with E-state index in [1.807, 2.05) is 19.9 Å². The number of carboxylic acids is 1. The molecule has 0 aromatic heterocycles. The van der Waals surface area contributed by atoms with Crippen LogP contribution in [0.15, 0.2) is 30.3 Å². The summed E-state index contributed by atoms with van der Waals surface area (Å²) in [6.07, 6.45) is 2.18. The summed E-state index contributed by atoms with van der Waals surface area (Å²) in [7, 11) is 0. The maximum absolute atomic E-state index is 11.3. The van der Waals surface area contributed by atoms with E-state index in [9.17, 15) is 9.90 Å². The van der Waals surface area contributed by atoms with Crippen LogP contribution in [0.4, 0.5) is 0 Å². The van der Waals surface area contributed by atoms with Crippen molar-refractivity contribution in [3.05, 3.63) is 35.9 Å². The largest absolute Gasteiger partial charge is 0.480 e. The van der Waals surface area contributed by atoms with Crippen LogP contribution >= 0.6 is 0 Å². The van der Waals surface area contributed by atoms with Gasteiger partial charge in [0.15, 0.2) is 0 Å². The Morgan fingerprint density at radius 2 is 2.10 bits per heavy atom. The molecule has 1 aromatic carbocycles. The molecule has 1 heterocycles. The number of rotatable bonds is 6. The highest BCUT2D eigenvalue weighted by molar-refractivity contribution is 5.73. The van der Waals surface area contributed by atoms with Gasteiger partial charge in [0.05, 0.1) is 0 Å². The lowest BCUT2D eigenvalue weighted by Crippen LogP contribution is -2.52. The quantitative estimate of drug-likeness (QED) is 0.844. The van der Waals surface area contributed by atoms with Crippen molar-refractivity contribution >= 4 is 5.97 Å². The predicted molar refractivity (Wildman–Crippen MR) is 84.1 cm³/mol. The number of nitrogens with zero attached hydrogens (tertiary/aromatic N) is 1. The molecular weight excluding hydrogens is 264 g/mol. The number of benzene rings is 1. The maximum atomic E-state index is 11.3. The summed E-state index contributed by atoms with van der Waals surface area (Å²) in [6.45, 7) is 6.86. The second kappa shape index (κ2) is 7.57. The fourth-order valence-electron chi connectivity index (χ4n) is 2.98. The predicted octanol–water partition coefficient (Wildman–Crippen LogP) is 2.35. The standard InChI is InChI=1S/C17H26N2O2/c1-13(2)16(17(20)21)18-15-9-6-10-19(12-15)11-14-7-4-3-5-8-14/h3-5,7-8,13,15-16,18H,6,9-12H2,1-2H3,(H,20,21). The summed E-state index contributed by atoms with van der Waals surface area (Å²) in [6, 6.07) is 10.3. The topological polar surface area (TPSA) is 52.6 Å². The van der Waals surface area contributed by atoms with Crippen LogP contribution in [-0.4, -0.2) is 41.1 Å². The first-order valence-electron chi connectivity index (χ1n) is 7.81. The van der Waals surface area contributed by atoms with Crippen LogP contribution in [0.3, 0.4) is 0 Å². The third kappa shape index (κ3) is 4.83. The van der Waals surface area contributed by atoms with Crippen molar-refractivity contribution in [2.75, 3.05) is 13.1 Å². The van der Waals surface area contributed by atoms with Crippen LogP contribution in [-0.2, 0) is 11.3 Å². The lowest BCUT2D eigenvalue weighted by molar-refractivity contribution is -0.141. The second-order valence-electron chi connectivity index (χ2n) is 6.29. The van der Waals surface area contributed by atoms with Gasteiger partial charge in [-0.2, -0.15) is 0 Å². The van der Waals surface area contributed by atoms with E-state index in [0.717, 1.165) is 32.5 Å². The highest BCUT2D eigenvalue weighted by atomic mass is 16.4. The van der Waals surface area contributed by atoms with Crippen molar-refractivity contribution in [2.45, 2.75) is 45.3 Å². The number of piperidine rings is 1. The van der Waals surface area contributed by atoms with E-state index in [0.29, 0.717) is 0 Å². The smallest absolute Gasteiger partial charge is 0.320 e. The number of likely N-dealkylation sites (tertiary alicyclic amines) is 1. The average molecular weight is 290 g/mol. The molecule has 2 atom stereocenters. The van der Waals surface area contributed by atoms with Gasteiger partial charge in [-0.3, -0.25) is 9.69 Å². The molecule has 21 heavy (non-hydrogen) atoms. The molecule has 2 rings (SSSR count). The molecule has 0 spiro atoms. The van der Waals surface area contributed by atoms with Crippen molar-refractivity contribution in [2.24, 2.45) is 5.92 Å².